The normalized spacial score (nSPS) is 27.2. The van der Waals surface area contributed by atoms with Gasteiger partial charge >= 0.3 is 0 Å². The lowest BCUT2D eigenvalue weighted by molar-refractivity contribution is 0.0449. The van der Waals surface area contributed by atoms with Crippen LogP contribution in [0.1, 0.15) is 31.0 Å². The van der Waals surface area contributed by atoms with E-state index in [1.54, 1.807) is 10.9 Å². The van der Waals surface area contributed by atoms with Gasteiger partial charge in [-0.25, -0.2) is 4.98 Å². The van der Waals surface area contributed by atoms with E-state index in [0.717, 1.165) is 37.1 Å². The summed E-state index contributed by atoms with van der Waals surface area (Å²) in [6, 6.07) is 0. The molecule has 0 aliphatic carbocycles. The quantitative estimate of drug-likeness (QED) is 0.827. The topological polar surface area (TPSA) is 56.2 Å². The molecule has 0 spiro atoms. The highest BCUT2D eigenvalue weighted by atomic mass is 16.5. The first kappa shape index (κ1) is 11.9. The Morgan fingerprint density at radius 3 is 3.22 bits per heavy atom. The second-order valence-electron chi connectivity index (χ2n) is 5.20. The zero-order valence-electron chi connectivity index (χ0n) is 10.7. The van der Waals surface area contributed by atoms with Crippen molar-refractivity contribution < 1.29 is 4.74 Å². The molecule has 0 aromatic carbocycles. The molecule has 1 aromatic heterocycles. The molecule has 2 aliphatic rings. The minimum absolute atomic E-state index is 0.115. The number of rotatable bonds is 2. The van der Waals surface area contributed by atoms with Gasteiger partial charge in [0.25, 0.3) is 5.56 Å². The summed E-state index contributed by atoms with van der Waals surface area (Å²) in [5.74, 6) is 0. The molecule has 5 nitrogen and oxygen atoms in total. The highest BCUT2D eigenvalue weighted by Gasteiger charge is 2.23. The average molecular weight is 249 g/mol. The zero-order chi connectivity index (χ0) is 12.5. The van der Waals surface area contributed by atoms with E-state index in [1.807, 2.05) is 0 Å². The first-order valence-corrected chi connectivity index (χ1v) is 6.67. The van der Waals surface area contributed by atoms with Crippen molar-refractivity contribution in [2.75, 3.05) is 6.54 Å². The summed E-state index contributed by atoms with van der Waals surface area (Å²) in [5, 5.41) is 3.23. The molecular formula is C13H19N3O2. The number of fused-ring (bicyclic) bond motifs is 1. The Morgan fingerprint density at radius 1 is 1.56 bits per heavy atom. The van der Waals surface area contributed by atoms with Crippen molar-refractivity contribution in [2.24, 2.45) is 0 Å². The summed E-state index contributed by atoms with van der Waals surface area (Å²) >= 11 is 0. The first-order chi connectivity index (χ1) is 8.74. The van der Waals surface area contributed by atoms with Crippen LogP contribution < -0.4 is 10.9 Å². The van der Waals surface area contributed by atoms with Gasteiger partial charge in [0, 0.05) is 12.1 Å². The van der Waals surface area contributed by atoms with Crippen molar-refractivity contribution in [3.8, 4) is 0 Å². The van der Waals surface area contributed by atoms with E-state index in [1.165, 1.54) is 0 Å². The van der Waals surface area contributed by atoms with Gasteiger partial charge < -0.3 is 10.1 Å². The fourth-order valence-electron chi connectivity index (χ4n) is 2.76. The van der Waals surface area contributed by atoms with Crippen molar-refractivity contribution in [2.45, 2.75) is 51.5 Å². The maximum atomic E-state index is 12.3. The number of ether oxygens (including phenoxy) is 1. The van der Waals surface area contributed by atoms with Gasteiger partial charge in [-0.15, -0.1) is 0 Å². The molecule has 0 amide bonds. The van der Waals surface area contributed by atoms with Gasteiger partial charge in [-0.2, -0.15) is 0 Å². The van der Waals surface area contributed by atoms with Gasteiger partial charge in [0.1, 0.15) is 0 Å². The molecule has 1 saturated heterocycles. The summed E-state index contributed by atoms with van der Waals surface area (Å²) in [4.78, 5) is 16.7. The monoisotopic (exact) mass is 249 g/mol. The molecule has 5 heteroatoms. The summed E-state index contributed by atoms with van der Waals surface area (Å²) in [6.45, 7) is 4.30. The standard InChI is InChI=1S/C13H19N3O2/c1-9-2-3-10(18-9)7-16-8-15-12-6-14-5-4-11(12)13(16)17/h8-10,14H,2-7H2,1H3. The van der Waals surface area contributed by atoms with Crippen LogP contribution in [-0.2, 0) is 24.2 Å². The third-order valence-corrected chi connectivity index (χ3v) is 3.78. The Labute approximate surface area is 106 Å². The molecule has 3 heterocycles. The number of nitrogens with zero attached hydrogens (tertiary/aromatic N) is 2. The molecule has 98 valence electrons. The van der Waals surface area contributed by atoms with E-state index in [2.05, 4.69) is 17.2 Å². The minimum atomic E-state index is 0.115. The lowest BCUT2D eigenvalue weighted by Gasteiger charge is -2.18. The highest BCUT2D eigenvalue weighted by Crippen LogP contribution is 2.20. The SMILES string of the molecule is CC1CCC(Cn2cnc3c(c2=O)CCNC3)O1. The van der Waals surface area contributed by atoms with Gasteiger partial charge in [0.2, 0.25) is 0 Å². The lowest BCUT2D eigenvalue weighted by atomic mass is 10.1. The van der Waals surface area contributed by atoms with E-state index >= 15 is 0 Å². The Balaban J connectivity index is 1.82. The van der Waals surface area contributed by atoms with Crippen LogP contribution in [0.3, 0.4) is 0 Å². The Hall–Kier alpha value is -1.20. The van der Waals surface area contributed by atoms with Gasteiger partial charge in [-0.3, -0.25) is 9.36 Å². The molecule has 2 atom stereocenters. The number of hydrogen-bond donors (Lipinski definition) is 1. The summed E-state index contributed by atoms with van der Waals surface area (Å²) in [5.41, 5.74) is 1.90. The number of nitrogens with one attached hydrogen (secondary N) is 1. The molecular weight excluding hydrogens is 230 g/mol. The third kappa shape index (κ3) is 2.20. The van der Waals surface area contributed by atoms with Crippen molar-refractivity contribution in [3.63, 3.8) is 0 Å². The first-order valence-electron chi connectivity index (χ1n) is 6.67. The average Bonchev–Trinajstić information content (AvgIpc) is 2.79. The van der Waals surface area contributed by atoms with Crippen LogP contribution in [0.2, 0.25) is 0 Å². The van der Waals surface area contributed by atoms with Gasteiger partial charge in [-0.05, 0) is 32.7 Å². The Morgan fingerprint density at radius 2 is 2.44 bits per heavy atom. The molecule has 2 aliphatic heterocycles. The maximum Gasteiger partial charge on any atom is 0.256 e. The van der Waals surface area contributed by atoms with Gasteiger partial charge in [-0.1, -0.05) is 0 Å². The molecule has 3 rings (SSSR count). The molecule has 1 N–H and O–H groups in total. The maximum absolute atomic E-state index is 12.3. The molecule has 0 bridgehead atoms. The van der Waals surface area contributed by atoms with Crippen LogP contribution in [-0.4, -0.2) is 28.3 Å². The van der Waals surface area contributed by atoms with E-state index < -0.39 is 0 Å². The zero-order valence-corrected chi connectivity index (χ0v) is 10.7. The largest absolute Gasteiger partial charge is 0.373 e. The molecule has 0 saturated carbocycles. The summed E-state index contributed by atoms with van der Waals surface area (Å²) in [7, 11) is 0. The van der Waals surface area contributed by atoms with E-state index in [-0.39, 0.29) is 11.7 Å². The highest BCUT2D eigenvalue weighted by molar-refractivity contribution is 5.19. The van der Waals surface area contributed by atoms with Crippen molar-refractivity contribution in [3.05, 3.63) is 27.9 Å². The van der Waals surface area contributed by atoms with Crippen LogP contribution in [0.4, 0.5) is 0 Å². The van der Waals surface area contributed by atoms with Crippen LogP contribution in [0.25, 0.3) is 0 Å². The summed E-state index contributed by atoms with van der Waals surface area (Å²) < 4.78 is 7.48. The lowest BCUT2D eigenvalue weighted by Crippen LogP contribution is -2.36. The number of hydrogen-bond acceptors (Lipinski definition) is 4. The fourth-order valence-corrected chi connectivity index (χ4v) is 2.76. The van der Waals surface area contributed by atoms with E-state index in [9.17, 15) is 4.79 Å². The predicted octanol–water partition coefficient (Wildman–Crippen LogP) is 0.456. The minimum Gasteiger partial charge on any atom is -0.373 e. The number of aromatic nitrogens is 2. The summed E-state index contributed by atoms with van der Waals surface area (Å²) in [6.07, 6.45) is 5.05. The van der Waals surface area contributed by atoms with Gasteiger partial charge in [0.05, 0.1) is 30.8 Å². The Bertz CT molecular complexity index is 497. The molecule has 1 fully saturated rings. The van der Waals surface area contributed by atoms with Crippen LogP contribution in [0, 0.1) is 0 Å². The molecule has 0 radical (unpaired) electrons. The van der Waals surface area contributed by atoms with Crippen LogP contribution in [0.5, 0.6) is 0 Å². The van der Waals surface area contributed by atoms with Crippen molar-refractivity contribution in [1.82, 2.24) is 14.9 Å². The third-order valence-electron chi connectivity index (χ3n) is 3.78. The van der Waals surface area contributed by atoms with Crippen molar-refractivity contribution >= 4 is 0 Å². The van der Waals surface area contributed by atoms with Gasteiger partial charge in [0.15, 0.2) is 0 Å². The van der Waals surface area contributed by atoms with Crippen LogP contribution >= 0.6 is 0 Å². The Kier molecular flexibility index (Phi) is 3.18. The molecule has 18 heavy (non-hydrogen) atoms. The second-order valence-corrected chi connectivity index (χ2v) is 5.20. The fraction of sp³-hybridized carbons (Fsp3) is 0.692. The van der Waals surface area contributed by atoms with E-state index in [4.69, 9.17) is 4.74 Å². The molecule has 2 unspecified atom stereocenters. The second kappa shape index (κ2) is 4.82. The van der Waals surface area contributed by atoms with E-state index in [0.29, 0.717) is 19.2 Å². The smallest absolute Gasteiger partial charge is 0.256 e. The van der Waals surface area contributed by atoms with Crippen LogP contribution in [0.15, 0.2) is 11.1 Å². The predicted molar refractivity (Wildman–Crippen MR) is 67.5 cm³/mol. The van der Waals surface area contributed by atoms with Crippen molar-refractivity contribution in [1.29, 1.82) is 0 Å². The molecule has 1 aromatic rings.